The molecule has 174 valence electrons. The molecule has 0 aromatic heterocycles. The molecule has 0 radical (unpaired) electrons. The summed E-state index contributed by atoms with van der Waals surface area (Å²) in [5.41, 5.74) is -1.86. The quantitative estimate of drug-likeness (QED) is 0.373. The van der Waals surface area contributed by atoms with Crippen molar-refractivity contribution in [3.63, 3.8) is 0 Å². The molecule has 2 aliphatic carbocycles. The minimum Gasteiger partial charge on any atom is -0.458 e. The molecule has 0 heterocycles. The second-order valence-corrected chi connectivity index (χ2v) is 10.6. The molecule has 0 aromatic rings. The Labute approximate surface area is 182 Å². The molecule has 0 atom stereocenters. The molecule has 6 heteroatoms. The van der Waals surface area contributed by atoms with E-state index in [2.05, 4.69) is 27.7 Å². The lowest BCUT2D eigenvalue weighted by atomic mass is 9.73. The first kappa shape index (κ1) is 25.1. The smallest absolute Gasteiger partial charge is 0.320 e. The standard InChI is InChI=1S/C24H42O6/c1-18(19(25)29-23(12-8-9-13-23)21(2,3)16-27-6)20(26)30-24(14-10-11-15-24)22(4,5)17-28-7/h18H,8-17H2,1-7H3. The Morgan fingerprint density at radius 2 is 1.03 bits per heavy atom. The van der Waals surface area contributed by atoms with E-state index in [1.807, 2.05) is 0 Å². The Balaban J connectivity index is 2.14. The predicted octanol–water partition coefficient (Wildman–Crippen LogP) is 4.68. The zero-order valence-electron chi connectivity index (χ0n) is 20.1. The van der Waals surface area contributed by atoms with Crippen molar-refractivity contribution in [2.45, 2.75) is 97.2 Å². The average molecular weight is 427 g/mol. The number of esters is 2. The number of hydrogen-bond acceptors (Lipinski definition) is 6. The SMILES string of the molecule is COCC(C)(C)C1(OC(=O)C(C)C(=O)OC2(C(C)(C)COC)CCCC2)CCCC1. The molecule has 6 nitrogen and oxygen atoms in total. The Hall–Kier alpha value is -1.14. The normalized spacial score (nSPS) is 21.1. The van der Waals surface area contributed by atoms with Gasteiger partial charge in [-0.2, -0.15) is 0 Å². The van der Waals surface area contributed by atoms with E-state index in [0.717, 1.165) is 51.4 Å². The first-order chi connectivity index (χ1) is 14.0. The van der Waals surface area contributed by atoms with Crippen LogP contribution in [0.2, 0.25) is 0 Å². The molecule has 0 bridgehead atoms. The average Bonchev–Trinajstić information content (AvgIpc) is 3.32. The van der Waals surface area contributed by atoms with Crippen molar-refractivity contribution in [2.75, 3.05) is 27.4 Å². The molecule has 0 unspecified atom stereocenters. The maximum absolute atomic E-state index is 13.1. The zero-order chi connectivity index (χ0) is 22.6. The van der Waals surface area contributed by atoms with Crippen molar-refractivity contribution in [2.24, 2.45) is 16.7 Å². The van der Waals surface area contributed by atoms with Gasteiger partial charge in [-0.3, -0.25) is 9.59 Å². The number of hydrogen-bond donors (Lipinski definition) is 0. The van der Waals surface area contributed by atoms with Gasteiger partial charge < -0.3 is 18.9 Å². The van der Waals surface area contributed by atoms with Gasteiger partial charge >= 0.3 is 11.9 Å². The van der Waals surface area contributed by atoms with Gasteiger partial charge in [0.1, 0.15) is 11.2 Å². The molecule has 0 amide bonds. The van der Waals surface area contributed by atoms with E-state index in [9.17, 15) is 9.59 Å². The van der Waals surface area contributed by atoms with E-state index in [4.69, 9.17) is 18.9 Å². The van der Waals surface area contributed by atoms with E-state index < -0.39 is 29.1 Å². The van der Waals surface area contributed by atoms with Crippen LogP contribution in [0.15, 0.2) is 0 Å². The molecule has 0 saturated heterocycles. The van der Waals surface area contributed by atoms with Gasteiger partial charge in [-0.15, -0.1) is 0 Å². The molecule has 30 heavy (non-hydrogen) atoms. The van der Waals surface area contributed by atoms with Crippen LogP contribution in [-0.2, 0) is 28.5 Å². The summed E-state index contributed by atoms with van der Waals surface area (Å²) < 4.78 is 23.0. The highest BCUT2D eigenvalue weighted by Gasteiger charge is 2.53. The van der Waals surface area contributed by atoms with Crippen molar-refractivity contribution >= 4 is 11.9 Å². The topological polar surface area (TPSA) is 71.1 Å². The van der Waals surface area contributed by atoms with Crippen LogP contribution in [-0.4, -0.2) is 50.6 Å². The van der Waals surface area contributed by atoms with Crippen LogP contribution in [0.4, 0.5) is 0 Å². The second kappa shape index (κ2) is 9.56. The van der Waals surface area contributed by atoms with Crippen LogP contribution in [0.1, 0.15) is 86.0 Å². The van der Waals surface area contributed by atoms with Gasteiger partial charge in [-0.05, 0) is 58.3 Å². The second-order valence-electron chi connectivity index (χ2n) is 10.6. The summed E-state index contributed by atoms with van der Waals surface area (Å²) >= 11 is 0. The van der Waals surface area contributed by atoms with E-state index in [-0.39, 0.29) is 10.8 Å². The van der Waals surface area contributed by atoms with Crippen molar-refractivity contribution in [1.29, 1.82) is 0 Å². The van der Waals surface area contributed by atoms with E-state index in [0.29, 0.717) is 13.2 Å². The number of methoxy groups -OCH3 is 2. The Bertz CT molecular complexity index is 545. The highest BCUT2D eigenvalue weighted by atomic mass is 16.6. The summed E-state index contributed by atoms with van der Waals surface area (Å²) in [6, 6.07) is 0. The Kier molecular flexibility index (Phi) is 8.00. The molecule has 0 spiro atoms. The van der Waals surface area contributed by atoms with E-state index in [1.165, 1.54) is 0 Å². The third-order valence-corrected chi connectivity index (χ3v) is 7.60. The molecule has 2 aliphatic rings. The Morgan fingerprint density at radius 1 is 0.733 bits per heavy atom. The van der Waals surface area contributed by atoms with Gasteiger partial charge in [0.05, 0.1) is 13.2 Å². The maximum Gasteiger partial charge on any atom is 0.320 e. The number of rotatable bonds is 10. The summed E-state index contributed by atoms with van der Waals surface area (Å²) in [7, 11) is 3.32. The number of carbonyl (C=O) groups is 2. The lowest BCUT2D eigenvalue weighted by Gasteiger charge is -2.44. The highest BCUT2D eigenvalue weighted by molar-refractivity contribution is 5.94. The van der Waals surface area contributed by atoms with Crippen molar-refractivity contribution < 1.29 is 28.5 Å². The fourth-order valence-corrected chi connectivity index (χ4v) is 5.37. The van der Waals surface area contributed by atoms with Gasteiger partial charge in [-0.25, -0.2) is 0 Å². The zero-order valence-corrected chi connectivity index (χ0v) is 20.1. The first-order valence-corrected chi connectivity index (χ1v) is 11.4. The molecular weight excluding hydrogens is 384 g/mol. The van der Waals surface area contributed by atoms with Crippen LogP contribution in [0, 0.1) is 16.7 Å². The minimum absolute atomic E-state index is 0.329. The summed E-state index contributed by atoms with van der Waals surface area (Å²) in [6.07, 6.45) is 7.20. The monoisotopic (exact) mass is 426 g/mol. The van der Waals surface area contributed by atoms with Gasteiger partial charge in [-0.1, -0.05) is 27.7 Å². The van der Waals surface area contributed by atoms with E-state index >= 15 is 0 Å². The minimum atomic E-state index is -0.961. The van der Waals surface area contributed by atoms with E-state index in [1.54, 1.807) is 21.1 Å². The number of carbonyl (C=O) groups excluding carboxylic acids is 2. The van der Waals surface area contributed by atoms with Crippen molar-refractivity contribution in [3.8, 4) is 0 Å². The van der Waals surface area contributed by atoms with Crippen LogP contribution < -0.4 is 0 Å². The number of ether oxygens (including phenoxy) is 4. The van der Waals surface area contributed by atoms with Crippen LogP contribution in [0.3, 0.4) is 0 Å². The maximum atomic E-state index is 13.1. The van der Waals surface area contributed by atoms with Crippen molar-refractivity contribution in [1.82, 2.24) is 0 Å². The fourth-order valence-electron chi connectivity index (χ4n) is 5.37. The third kappa shape index (κ3) is 4.85. The summed E-state index contributed by atoms with van der Waals surface area (Å²) in [5.74, 6) is -1.95. The van der Waals surface area contributed by atoms with Gasteiger partial charge in [0.2, 0.25) is 0 Å². The van der Waals surface area contributed by atoms with Gasteiger partial charge in [0.15, 0.2) is 5.92 Å². The predicted molar refractivity (Wildman–Crippen MR) is 115 cm³/mol. The molecule has 2 saturated carbocycles. The van der Waals surface area contributed by atoms with Gasteiger partial charge in [0, 0.05) is 25.0 Å². The molecule has 2 rings (SSSR count). The van der Waals surface area contributed by atoms with Gasteiger partial charge in [0.25, 0.3) is 0 Å². The van der Waals surface area contributed by atoms with Crippen molar-refractivity contribution in [3.05, 3.63) is 0 Å². The Morgan fingerprint density at radius 3 is 1.30 bits per heavy atom. The molecule has 2 fully saturated rings. The lowest BCUT2D eigenvalue weighted by molar-refractivity contribution is -0.197. The summed E-state index contributed by atoms with van der Waals surface area (Å²) in [6.45, 7) is 10.9. The third-order valence-electron chi connectivity index (χ3n) is 7.60. The van der Waals surface area contributed by atoms with Crippen LogP contribution >= 0.6 is 0 Å². The van der Waals surface area contributed by atoms with Crippen LogP contribution in [0.25, 0.3) is 0 Å². The van der Waals surface area contributed by atoms with Crippen LogP contribution in [0.5, 0.6) is 0 Å². The molecule has 0 aromatic carbocycles. The summed E-state index contributed by atoms with van der Waals surface area (Å²) in [5, 5.41) is 0. The fraction of sp³-hybridized carbons (Fsp3) is 0.917. The molecule has 0 N–H and O–H groups in total. The highest BCUT2D eigenvalue weighted by Crippen LogP contribution is 2.49. The lowest BCUT2D eigenvalue weighted by Crippen LogP contribution is -2.52. The molecular formula is C24H42O6. The largest absolute Gasteiger partial charge is 0.458 e. The molecule has 0 aliphatic heterocycles. The summed E-state index contributed by atoms with van der Waals surface area (Å²) in [4.78, 5) is 26.1. The first-order valence-electron chi connectivity index (χ1n) is 11.4.